The Morgan fingerprint density at radius 2 is 1.78 bits per heavy atom. The van der Waals surface area contributed by atoms with Gasteiger partial charge >= 0.3 is 6.09 Å². The molecule has 1 amide bonds. The first-order valence-electron chi connectivity index (χ1n) is 10.7. The Balaban J connectivity index is 0.00000158. The first kappa shape index (κ1) is 25.7. The Kier molecular flexibility index (Phi) is 12.4. The van der Waals surface area contributed by atoms with Crippen molar-refractivity contribution in [2.24, 2.45) is 5.73 Å². The number of amides is 1. The summed E-state index contributed by atoms with van der Waals surface area (Å²) in [5.41, 5.74) is 8.05. The third-order valence-electron chi connectivity index (χ3n) is 4.30. The first-order valence-corrected chi connectivity index (χ1v) is 10.7. The summed E-state index contributed by atoms with van der Waals surface area (Å²) in [4.78, 5) is 14.1. The zero-order valence-electron chi connectivity index (χ0n) is 18.9. The van der Waals surface area contributed by atoms with Crippen LogP contribution in [-0.4, -0.2) is 54.9 Å². The zero-order valence-corrected chi connectivity index (χ0v) is 18.9. The number of carbonyl (C=O) groups is 1. The Hall–Kier alpha value is -1.27. The van der Waals surface area contributed by atoms with Crippen LogP contribution in [0.1, 0.15) is 74.7 Å². The van der Waals surface area contributed by atoms with Crippen molar-refractivity contribution in [3.05, 3.63) is 11.3 Å². The number of ether oxygens (including phenoxy) is 1. The summed E-state index contributed by atoms with van der Waals surface area (Å²) in [5.74, 6) is 0. The van der Waals surface area contributed by atoms with Gasteiger partial charge in [0.25, 0.3) is 0 Å². The smallest absolute Gasteiger partial charge is 0.410 e. The fraction of sp³-hybridized carbons (Fsp3) is 0.857. The van der Waals surface area contributed by atoms with Gasteiger partial charge in [0.15, 0.2) is 0 Å². The maximum Gasteiger partial charge on any atom is 0.410 e. The van der Waals surface area contributed by atoms with Gasteiger partial charge in [-0.15, -0.1) is 0 Å². The molecule has 0 aromatic heterocycles. The molecule has 1 fully saturated rings. The normalized spacial score (nSPS) is 19.2. The number of rotatable bonds is 3. The molecule has 0 aromatic carbocycles. The SMILES string of the molecule is CC.CC.CC(N)C1=C(NC2CCNCC2)CCN(C(=O)OC(C)(C)C)C1. The molecule has 2 heterocycles. The number of hydrogen-bond donors (Lipinski definition) is 3. The van der Waals surface area contributed by atoms with Crippen LogP contribution in [0.25, 0.3) is 0 Å². The number of nitrogens with two attached hydrogens (primary N) is 1. The van der Waals surface area contributed by atoms with Crippen molar-refractivity contribution >= 4 is 6.09 Å². The molecular weight excluding hydrogens is 340 g/mol. The molecule has 27 heavy (non-hydrogen) atoms. The number of carbonyl (C=O) groups excluding carboxylic acids is 1. The van der Waals surface area contributed by atoms with E-state index in [1.165, 1.54) is 5.70 Å². The summed E-state index contributed by atoms with van der Waals surface area (Å²) in [7, 11) is 0. The molecule has 6 heteroatoms. The summed E-state index contributed by atoms with van der Waals surface area (Å²) in [6, 6.07) is 0.442. The van der Waals surface area contributed by atoms with Gasteiger partial charge in [-0.2, -0.15) is 0 Å². The van der Waals surface area contributed by atoms with Crippen LogP contribution >= 0.6 is 0 Å². The van der Waals surface area contributed by atoms with E-state index in [0.717, 1.165) is 37.9 Å². The Morgan fingerprint density at radius 1 is 1.22 bits per heavy atom. The van der Waals surface area contributed by atoms with Crippen LogP contribution in [0.4, 0.5) is 4.79 Å². The summed E-state index contributed by atoms with van der Waals surface area (Å²) < 4.78 is 5.49. The van der Waals surface area contributed by atoms with E-state index in [0.29, 0.717) is 19.1 Å². The van der Waals surface area contributed by atoms with E-state index in [-0.39, 0.29) is 12.1 Å². The fourth-order valence-electron chi connectivity index (χ4n) is 3.07. The zero-order chi connectivity index (χ0) is 21.0. The van der Waals surface area contributed by atoms with Crippen LogP contribution in [0.15, 0.2) is 11.3 Å². The standard InChI is InChI=1S/C17H32N4O2.2C2H6/c1-12(18)14-11-21(16(22)23-17(2,3)4)10-7-15(14)20-13-5-8-19-9-6-13;2*1-2/h12-13,19-20H,5-11,18H2,1-4H3;2*1-2H3. The second kappa shape index (κ2) is 13.0. The molecule has 1 atom stereocenters. The molecule has 2 rings (SSSR count). The monoisotopic (exact) mass is 384 g/mol. The topological polar surface area (TPSA) is 79.6 Å². The van der Waals surface area contributed by atoms with Crippen molar-refractivity contribution in [1.29, 1.82) is 0 Å². The van der Waals surface area contributed by atoms with E-state index < -0.39 is 5.60 Å². The lowest BCUT2D eigenvalue weighted by Gasteiger charge is -2.36. The average molecular weight is 385 g/mol. The molecule has 0 bridgehead atoms. The molecule has 0 radical (unpaired) electrons. The predicted octanol–water partition coefficient (Wildman–Crippen LogP) is 3.62. The van der Waals surface area contributed by atoms with Crippen LogP contribution in [0.3, 0.4) is 0 Å². The number of hydrogen-bond acceptors (Lipinski definition) is 5. The van der Waals surface area contributed by atoms with Gasteiger partial charge in [0, 0.05) is 37.3 Å². The maximum absolute atomic E-state index is 12.3. The molecule has 0 spiro atoms. The average Bonchev–Trinajstić information content (AvgIpc) is 2.64. The maximum atomic E-state index is 12.3. The van der Waals surface area contributed by atoms with E-state index in [1.807, 2.05) is 55.4 Å². The first-order chi connectivity index (χ1) is 12.8. The van der Waals surface area contributed by atoms with Crippen LogP contribution in [0, 0.1) is 0 Å². The lowest BCUT2D eigenvalue weighted by Crippen LogP contribution is -2.47. The molecule has 6 nitrogen and oxygen atoms in total. The lowest BCUT2D eigenvalue weighted by atomic mass is 9.98. The summed E-state index contributed by atoms with van der Waals surface area (Å²) in [6.45, 7) is 19.0. The van der Waals surface area contributed by atoms with Crippen molar-refractivity contribution < 1.29 is 9.53 Å². The molecule has 1 unspecified atom stereocenters. The van der Waals surface area contributed by atoms with E-state index in [9.17, 15) is 4.79 Å². The minimum Gasteiger partial charge on any atom is -0.444 e. The molecular formula is C21H44N4O2. The van der Waals surface area contributed by atoms with Gasteiger partial charge in [0.05, 0.1) is 0 Å². The Bertz CT molecular complexity index is 450. The van der Waals surface area contributed by atoms with Crippen LogP contribution < -0.4 is 16.4 Å². The Morgan fingerprint density at radius 3 is 2.26 bits per heavy atom. The molecule has 0 aliphatic carbocycles. The molecule has 1 saturated heterocycles. The fourth-order valence-corrected chi connectivity index (χ4v) is 3.07. The van der Waals surface area contributed by atoms with Crippen molar-refractivity contribution in [2.75, 3.05) is 26.2 Å². The van der Waals surface area contributed by atoms with Gasteiger partial charge in [0.2, 0.25) is 0 Å². The number of nitrogens with zero attached hydrogens (tertiary/aromatic N) is 1. The molecule has 0 aromatic rings. The minimum atomic E-state index is -0.469. The van der Waals surface area contributed by atoms with Crippen LogP contribution in [-0.2, 0) is 4.74 Å². The molecule has 4 N–H and O–H groups in total. The number of nitrogens with one attached hydrogen (secondary N) is 2. The van der Waals surface area contributed by atoms with Crippen molar-refractivity contribution in [3.63, 3.8) is 0 Å². The summed E-state index contributed by atoms with van der Waals surface area (Å²) in [6.07, 6.45) is 2.83. The van der Waals surface area contributed by atoms with Gasteiger partial charge in [-0.3, -0.25) is 0 Å². The third-order valence-corrected chi connectivity index (χ3v) is 4.30. The lowest BCUT2D eigenvalue weighted by molar-refractivity contribution is 0.0255. The molecule has 2 aliphatic rings. The highest BCUT2D eigenvalue weighted by molar-refractivity contribution is 5.69. The Labute approximate surface area is 167 Å². The van der Waals surface area contributed by atoms with Crippen LogP contribution in [0.5, 0.6) is 0 Å². The van der Waals surface area contributed by atoms with E-state index in [1.54, 1.807) is 4.90 Å². The molecule has 2 aliphatic heterocycles. The van der Waals surface area contributed by atoms with Crippen molar-refractivity contribution in [1.82, 2.24) is 15.5 Å². The van der Waals surface area contributed by atoms with Gasteiger partial charge in [0.1, 0.15) is 5.60 Å². The quantitative estimate of drug-likeness (QED) is 0.692. The number of piperidine rings is 1. The van der Waals surface area contributed by atoms with Gasteiger partial charge < -0.3 is 26.0 Å². The largest absolute Gasteiger partial charge is 0.444 e. The highest BCUT2D eigenvalue weighted by Gasteiger charge is 2.29. The third kappa shape index (κ3) is 9.47. The highest BCUT2D eigenvalue weighted by atomic mass is 16.6. The van der Waals surface area contributed by atoms with E-state index in [2.05, 4.69) is 10.6 Å². The summed E-state index contributed by atoms with van der Waals surface area (Å²) in [5, 5.41) is 7.06. The van der Waals surface area contributed by atoms with E-state index in [4.69, 9.17) is 10.5 Å². The van der Waals surface area contributed by atoms with Gasteiger partial charge in [-0.05, 0) is 59.2 Å². The second-order valence-corrected chi connectivity index (χ2v) is 7.61. The van der Waals surface area contributed by atoms with Gasteiger partial charge in [-0.1, -0.05) is 27.7 Å². The van der Waals surface area contributed by atoms with Crippen molar-refractivity contribution in [2.45, 2.75) is 92.3 Å². The van der Waals surface area contributed by atoms with Gasteiger partial charge in [-0.25, -0.2) is 4.79 Å². The predicted molar refractivity (Wildman–Crippen MR) is 115 cm³/mol. The summed E-state index contributed by atoms with van der Waals surface area (Å²) >= 11 is 0. The van der Waals surface area contributed by atoms with E-state index >= 15 is 0 Å². The second-order valence-electron chi connectivity index (χ2n) is 7.61. The highest BCUT2D eigenvalue weighted by Crippen LogP contribution is 2.22. The molecule has 0 saturated carbocycles. The van der Waals surface area contributed by atoms with Crippen LogP contribution in [0.2, 0.25) is 0 Å². The molecule has 160 valence electrons. The van der Waals surface area contributed by atoms with Crippen molar-refractivity contribution in [3.8, 4) is 0 Å². The minimum absolute atomic E-state index is 0.0653.